The molecule has 0 saturated heterocycles. The predicted molar refractivity (Wildman–Crippen MR) is 114 cm³/mol. The number of hydrogen-bond acceptors (Lipinski definition) is 3. The number of halogens is 1. The van der Waals surface area contributed by atoms with Gasteiger partial charge >= 0.3 is 0 Å². The van der Waals surface area contributed by atoms with Crippen molar-refractivity contribution in [2.75, 3.05) is 11.9 Å². The molecule has 0 bridgehead atoms. The topological polar surface area (TPSA) is 70.2 Å². The van der Waals surface area contributed by atoms with Crippen molar-refractivity contribution < 1.29 is 9.59 Å². The third kappa shape index (κ3) is 6.84. The number of rotatable bonds is 6. The van der Waals surface area contributed by atoms with E-state index in [0.29, 0.717) is 22.8 Å². The molecule has 0 saturated carbocycles. The molecule has 0 aromatic heterocycles. The number of hydrogen-bond donors (Lipinski definition) is 3. The van der Waals surface area contributed by atoms with Crippen molar-refractivity contribution in [1.29, 1.82) is 0 Å². The van der Waals surface area contributed by atoms with Crippen molar-refractivity contribution in [3.05, 3.63) is 70.8 Å². The van der Waals surface area contributed by atoms with Gasteiger partial charge in [0.25, 0.3) is 5.91 Å². The first-order chi connectivity index (χ1) is 13.0. The van der Waals surface area contributed by atoms with E-state index in [9.17, 15) is 9.59 Å². The molecular weight excluding hydrogens is 382 g/mol. The summed E-state index contributed by atoms with van der Waals surface area (Å²) in [6.07, 6.45) is 3.85. The predicted octanol–water partition coefficient (Wildman–Crippen LogP) is 4.01. The number of nitrogens with one attached hydrogen (secondary N) is 3. The fourth-order valence-corrected chi connectivity index (χ4v) is 2.55. The average molecular weight is 402 g/mol. The number of amides is 2. The molecule has 0 aliphatic carbocycles. The second-order valence-corrected chi connectivity index (χ2v) is 6.45. The number of carbonyl (C=O) groups is 2. The number of anilines is 1. The summed E-state index contributed by atoms with van der Waals surface area (Å²) in [4.78, 5) is 23.8. The minimum Gasteiger partial charge on any atom is -0.352 e. The Morgan fingerprint density at radius 3 is 2.48 bits per heavy atom. The second-order valence-electron chi connectivity index (χ2n) is 5.63. The summed E-state index contributed by atoms with van der Waals surface area (Å²) in [7, 11) is 0. The van der Waals surface area contributed by atoms with Crippen LogP contribution in [0.25, 0.3) is 6.08 Å². The van der Waals surface area contributed by atoms with Crippen molar-refractivity contribution >= 4 is 52.5 Å². The van der Waals surface area contributed by atoms with Crippen molar-refractivity contribution in [2.24, 2.45) is 0 Å². The fourth-order valence-electron chi connectivity index (χ4n) is 2.14. The van der Waals surface area contributed by atoms with E-state index in [4.69, 9.17) is 23.8 Å². The first kappa shape index (κ1) is 20.6. The van der Waals surface area contributed by atoms with Crippen LogP contribution in [0.3, 0.4) is 0 Å². The van der Waals surface area contributed by atoms with E-state index in [2.05, 4.69) is 16.0 Å². The maximum Gasteiger partial charge on any atom is 0.251 e. The maximum atomic E-state index is 12.0. The maximum absolute atomic E-state index is 12.0. The van der Waals surface area contributed by atoms with Gasteiger partial charge in [-0.25, -0.2) is 0 Å². The highest BCUT2D eigenvalue weighted by molar-refractivity contribution is 7.80. The highest BCUT2D eigenvalue weighted by Gasteiger charge is 2.06. The largest absolute Gasteiger partial charge is 0.352 e. The Hall–Kier alpha value is -2.70. The van der Waals surface area contributed by atoms with Gasteiger partial charge in [-0.2, -0.15) is 0 Å². The van der Waals surface area contributed by atoms with Crippen molar-refractivity contribution in [3.8, 4) is 0 Å². The van der Waals surface area contributed by atoms with Crippen LogP contribution in [0.15, 0.2) is 54.6 Å². The van der Waals surface area contributed by atoms with Gasteiger partial charge in [0, 0.05) is 28.9 Å². The van der Waals surface area contributed by atoms with Crippen LogP contribution in [-0.2, 0) is 4.79 Å². The zero-order valence-electron chi connectivity index (χ0n) is 14.8. The van der Waals surface area contributed by atoms with E-state index < -0.39 is 0 Å². The van der Waals surface area contributed by atoms with Crippen molar-refractivity contribution in [3.63, 3.8) is 0 Å². The number of thiocarbonyl (C=S) groups is 1. The molecule has 5 nitrogen and oxygen atoms in total. The Morgan fingerprint density at radius 2 is 1.81 bits per heavy atom. The molecule has 140 valence electrons. The summed E-state index contributed by atoms with van der Waals surface area (Å²) in [5.74, 6) is -0.494. The number of benzene rings is 2. The zero-order valence-corrected chi connectivity index (χ0v) is 16.4. The summed E-state index contributed by atoms with van der Waals surface area (Å²) in [5, 5.41) is 8.98. The lowest BCUT2D eigenvalue weighted by atomic mass is 10.2. The van der Waals surface area contributed by atoms with Crippen LogP contribution in [0.4, 0.5) is 5.69 Å². The molecule has 7 heteroatoms. The van der Waals surface area contributed by atoms with E-state index in [-0.39, 0.29) is 16.9 Å². The molecule has 2 aromatic rings. The lowest BCUT2D eigenvalue weighted by molar-refractivity contribution is -0.115. The molecule has 0 unspecified atom stereocenters. The first-order valence-electron chi connectivity index (χ1n) is 8.42. The Labute approximate surface area is 168 Å². The fraction of sp³-hybridized carbons (Fsp3) is 0.150. The highest BCUT2D eigenvalue weighted by Crippen LogP contribution is 2.16. The minimum atomic E-state index is -0.372. The first-order valence-corrected chi connectivity index (χ1v) is 9.21. The van der Waals surface area contributed by atoms with Crippen LogP contribution in [0.1, 0.15) is 29.3 Å². The second kappa shape index (κ2) is 10.4. The summed E-state index contributed by atoms with van der Waals surface area (Å²) >= 11 is 11.2. The third-order valence-electron chi connectivity index (χ3n) is 3.50. The van der Waals surface area contributed by atoms with Crippen LogP contribution < -0.4 is 16.0 Å². The summed E-state index contributed by atoms with van der Waals surface area (Å²) in [6, 6.07) is 14.0. The zero-order chi connectivity index (χ0) is 19.6. The van der Waals surface area contributed by atoms with Gasteiger partial charge in [0.2, 0.25) is 5.91 Å². The van der Waals surface area contributed by atoms with Gasteiger partial charge in [0.05, 0.1) is 0 Å². The van der Waals surface area contributed by atoms with E-state index in [0.717, 1.165) is 12.0 Å². The summed E-state index contributed by atoms with van der Waals surface area (Å²) in [6.45, 7) is 2.63. The molecule has 3 N–H and O–H groups in total. The monoisotopic (exact) mass is 401 g/mol. The lowest BCUT2D eigenvalue weighted by Crippen LogP contribution is -2.32. The lowest BCUT2D eigenvalue weighted by Gasteiger charge is -2.09. The van der Waals surface area contributed by atoms with Crippen LogP contribution >= 0.6 is 23.8 Å². The molecule has 2 amide bonds. The molecule has 0 fully saturated rings. The number of carbonyl (C=O) groups excluding carboxylic acids is 2. The van der Waals surface area contributed by atoms with E-state index in [1.54, 1.807) is 42.5 Å². The van der Waals surface area contributed by atoms with E-state index in [1.165, 1.54) is 6.08 Å². The molecule has 0 radical (unpaired) electrons. The van der Waals surface area contributed by atoms with Gasteiger partial charge < -0.3 is 10.6 Å². The molecule has 0 heterocycles. The molecule has 0 aliphatic heterocycles. The van der Waals surface area contributed by atoms with Crippen LogP contribution in [0.2, 0.25) is 5.02 Å². The van der Waals surface area contributed by atoms with Gasteiger partial charge in [-0.3, -0.25) is 14.9 Å². The molecule has 0 atom stereocenters. The molecular formula is C20H20ClN3O2S. The molecule has 0 spiro atoms. The molecule has 2 aromatic carbocycles. The van der Waals surface area contributed by atoms with Crippen molar-refractivity contribution in [1.82, 2.24) is 10.6 Å². The SMILES string of the molecule is CCCNC(=O)c1ccc(NC(=S)NC(=O)/C=C/c2ccccc2Cl)cc1. The van der Waals surface area contributed by atoms with Gasteiger partial charge in [-0.1, -0.05) is 36.7 Å². The van der Waals surface area contributed by atoms with Gasteiger partial charge in [0.1, 0.15) is 0 Å². The average Bonchev–Trinajstić information content (AvgIpc) is 2.66. The van der Waals surface area contributed by atoms with Gasteiger partial charge in [0.15, 0.2) is 5.11 Å². The smallest absolute Gasteiger partial charge is 0.251 e. The van der Waals surface area contributed by atoms with Crippen LogP contribution in [-0.4, -0.2) is 23.5 Å². The minimum absolute atomic E-state index is 0.121. The molecule has 0 aliphatic rings. The van der Waals surface area contributed by atoms with Gasteiger partial charge in [-0.15, -0.1) is 0 Å². The van der Waals surface area contributed by atoms with Crippen molar-refractivity contribution in [2.45, 2.75) is 13.3 Å². The Morgan fingerprint density at radius 1 is 1.11 bits per heavy atom. The quantitative estimate of drug-likeness (QED) is 0.505. The summed E-state index contributed by atoms with van der Waals surface area (Å²) in [5.41, 5.74) is 1.97. The Kier molecular flexibility index (Phi) is 7.98. The van der Waals surface area contributed by atoms with E-state index in [1.807, 2.05) is 19.1 Å². The molecule has 27 heavy (non-hydrogen) atoms. The Bertz CT molecular complexity index is 851. The van der Waals surface area contributed by atoms with Gasteiger partial charge in [-0.05, 0) is 60.6 Å². The van der Waals surface area contributed by atoms with E-state index >= 15 is 0 Å². The normalized spacial score (nSPS) is 10.4. The Balaban J connectivity index is 1.87. The van der Waals surface area contributed by atoms with Crippen LogP contribution in [0.5, 0.6) is 0 Å². The standard InChI is InChI=1S/C20H20ClN3O2S/c1-2-13-22-19(26)15-7-10-16(11-8-15)23-20(27)24-18(25)12-9-14-5-3-4-6-17(14)21/h3-12H,2,13H2,1H3,(H,22,26)(H2,23,24,25,27)/b12-9+. The van der Waals surface area contributed by atoms with Crippen LogP contribution in [0, 0.1) is 0 Å². The molecule has 2 rings (SSSR count). The summed E-state index contributed by atoms with van der Waals surface area (Å²) < 4.78 is 0. The highest BCUT2D eigenvalue weighted by atomic mass is 35.5. The third-order valence-corrected chi connectivity index (χ3v) is 4.05.